The number of amides is 1. The SMILES string of the molecule is CCOc1ccc(-c2nc3ccccn3c2-c2ccnc(Nc3ccc(N4CCC(N5CCN(CCF)CC5)CC4)cc3OC)n2)cc1C(=O)Nc1c(F)cccc1F. The Kier molecular flexibility index (Phi) is 11.9. The molecular weight excluding hydrogens is 760 g/mol. The van der Waals surface area contributed by atoms with Crippen LogP contribution in [0.5, 0.6) is 11.5 Å². The van der Waals surface area contributed by atoms with Crippen molar-refractivity contribution in [3.8, 4) is 34.1 Å². The number of methoxy groups -OCH3 is 1. The van der Waals surface area contributed by atoms with Crippen molar-refractivity contribution >= 4 is 34.6 Å². The largest absolute Gasteiger partial charge is 0.494 e. The molecule has 15 heteroatoms. The molecule has 8 rings (SSSR count). The van der Waals surface area contributed by atoms with Crippen molar-refractivity contribution < 1.29 is 27.4 Å². The number of hydrogen-bond acceptors (Lipinski definition) is 10. The van der Waals surface area contributed by atoms with Gasteiger partial charge in [0.1, 0.15) is 41.1 Å². The number of fused-ring (bicyclic) bond motifs is 1. The number of piperazine rings is 1. The Bertz CT molecular complexity index is 2410. The summed E-state index contributed by atoms with van der Waals surface area (Å²) < 4.78 is 55.4. The summed E-state index contributed by atoms with van der Waals surface area (Å²) in [7, 11) is 1.64. The van der Waals surface area contributed by atoms with Gasteiger partial charge in [0.25, 0.3) is 5.91 Å². The Morgan fingerprint density at radius 3 is 2.42 bits per heavy atom. The zero-order valence-electron chi connectivity index (χ0n) is 33.0. The molecule has 12 nitrogen and oxygen atoms in total. The number of imidazole rings is 1. The highest BCUT2D eigenvalue weighted by Gasteiger charge is 2.28. The van der Waals surface area contributed by atoms with Gasteiger partial charge in [-0.3, -0.25) is 19.0 Å². The minimum atomic E-state index is -0.897. The fourth-order valence-electron chi connectivity index (χ4n) is 7.99. The molecule has 1 amide bonds. The Labute approximate surface area is 340 Å². The lowest BCUT2D eigenvalue weighted by molar-refractivity contribution is 0.0816. The van der Waals surface area contributed by atoms with Gasteiger partial charge in [0, 0.05) is 81.6 Å². The number of piperidine rings is 1. The minimum absolute atomic E-state index is 0.0737. The van der Waals surface area contributed by atoms with Crippen LogP contribution in [0, 0.1) is 11.6 Å². The minimum Gasteiger partial charge on any atom is -0.494 e. The smallest absolute Gasteiger partial charge is 0.259 e. The molecule has 2 aliphatic rings. The van der Waals surface area contributed by atoms with E-state index in [0.717, 1.165) is 69.9 Å². The van der Waals surface area contributed by atoms with Crippen molar-refractivity contribution in [2.45, 2.75) is 25.8 Å². The first-order valence-corrected chi connectivity index (χ1v) is 19.9. The third-order valence-electron chi connectivity index (χ3n) is 11.0. The standard InChI is InChI=1S/C44H46F3N9O3/c1-3-59-37-13-10-29(27-32(37)43(57)52-41-33(46)7-6-8-34(41)47)40-42(56-19-5-4-9-39(56)51-40)36-14-18-48-44(50-36)49-35-12-11-31(28-38(35)58-2)54-20-15-30(16-21-54)55-25-23-53(22-17-45)24-26-55/h4-14,18-19,27-28,30H,3,15-17,20-26H2,1-2H3,(H,52,57)(H,48,49,50). The van der Waals surface area contributed by atoms with E-state index in [4.69, 9.17) is 19.4 Å². The number of para-hydroxylation sites is 1. The quantitative estimate of drug-likeness (QED) is 0.121. The van der Waals surface area contributed by atoms with Crippen LogP contribution in [-0.4, -0.2) is 107 Å². The number of hydrogen-bond donors (Lipinski definition) is 2. The van der Waals surface area contributed by atoms with Gasteiger partial charge < -0.3 is 25.0 Å². The predicted molar refractivity (Wildman–Crippen MR) is 223 cm³/mol. The Morgan fingerprint density at radius 1 is 0.881 bits per heavy atom. The number of carbonyl (C=O) groups is 1. The van der Waals surface area contributed by atoms with E-state index < -0.39 is 23.2 Å². The van der Waals surface area contributed by atoms with Gasteiger partial charge in [-0.15, -0.1) is 0 Å². The van der Waals surface area contributed by atoms with Crippen molar-refractivity contribution in [3.63, 3.8) is 0 Å². The lowest BCUT2D eigenvalue weighted by atomic mass is 10.0. The fraction of sp³-hybridized carbons (Fsp3) is 0.318. The van der Waals surface area contributed by atoms with Crippen molar-refractivity contribution in [3.05, 3.63) is 108 Å². The fourth-order valence-corrected chi connectivity index (χ4v) is 7.99. The van der Waals surface area contributed by atoms with E-state index in [2.05, 4.69) is 36.4 Å². The maximum absolute atomic E-state index is 14.5. The number of rotatable bonds is 13. The zero-order chi connectivity index (χ0) is 40.9. The van der Waals surface area contributed by atoms with Crippen LogP contribution < -0.4 is 25.0 Å². The normalized spacial score (nSPS) is 15.4. The van der Waals surface area contributed by atoms with Crippen LogP contribution >= 0.6 is 0 Å². The Balaban J connectivity index is 1.04. The molecule has 0 atom stereocenters. The van der Waals surface area contributed by atoms with Crippen LogP contribution in [0.1, 0.15) is 30.1 Å². The van der Waals surface area contributed by atoms with Crippen LogP contribution in [0.3, 0.4) is 0 Å². The number of pyridine rings is 1. The van der Waals surface area contributed by atoms with Gasteiger partial charge in [0.15, 0.2) is 0 Å². The number of nitrogens with zero attached hydrogens (tertiary/aromatic N) is 7. The molecule has 0 spiro atoms. The van der Waals surface area contributed by atoms with Gasteiger partial charge in [0.05, 0.1) is 42.0 Å². The second kappa shape index (κ2) is 17.7. The average molecular weight is 806 g/mol. The number of alkyl halides is 1. The summed E-state index contributed by atoms with van der Waals surface area (Å²) in [6.07, 6.45) is 5.66. The summed E-state index contributed by atoms with van der Waals surface area (Å²) in [4.78, 5) is 35.1. The van der Waals surface area contributed by atoms with E-state index >= 15 is 0 Å². The third kappa shape index (κ3) is 8.52. The Hall–Kier alpha value is -6.19. The van der Waals surface area contributed by atoms with Crippen LogP contribution in [0.25, 0.3) is 28.3 Å². The van der Waals surface area contributed by atoms with Crippen LogP contribution in [0.4, 0.5) is 36.2 Å². The molecule has 0 unspecified atom stereocenters. The number of benzene rings is 3. The first-order valence-electron chi connectivity index (χ1n) is 19.9. The summed E-state index contributed by atoms with van der Waals surface area (Å²) in [6, 6.07) is 22.4. The molecule has 6 aromatic rings. The number of ether oxygens (including phenoxy) is 2. The van der Waals surface area contributed by atoms with Gasteiger partial charge in [-0.1, -0.05) is 12.1 Å². The van der Waals surface area contributed by atoms with E-state index in [9.17, 15) is 18.0 Å². The average Bonchev–Trinajstić information content (AvgIpc) is 3.66. The lowest BCUT2D eigenvalue weighted by Crippen LogP contribution is -2.53. The summed E-state index contributed by atoms with van der Waals surface area (Å²) in [5.74, 6) is -1.32. The van der Waals surface area contributed by atoms with Crippen molar-refractivity contribution in [1.82, 2.24) is 29.2 Å². The molecule has 2 fully saturated rings. The molecule has 2 saturated heterocycles. The second-order valence-electron chi connectivity index (χ2n) is 14.5. The molecule has 2 N–H and O–H groups in total. The summed E-state index contributed by atoms with van der Waals surface area (Å²) >= 11 is 0. The topological polar surface area (TPSA) is 112 Å². The molecule has 0 aliphatic carbocycles. The lowest BCUT2D eigenvalue weighted by Gasteiger charge is -2.43. The molecule has 5 heterocycles. The van der Waals surface area contributed by atoms with E-state index in [1.807, 2.05) is 40.9 Å². The van der Waals surface area contributed by atoms with Gasteiger partial charge in [-0.2, -0.15) is 0 Å². The van der Waals surface area contributed by atoms with Gasteiger partial charge >= 0.3 is 0 Å². The molecule has 0 radical (unpaired) electrons. The first kappa shape index (κ1) is 39.6. The highest BCUT2D eigenvalue weighted by atomic mass is 19.1. The zero-order valence-corrected chi connectivity index (χ0v) is 33.0. The number of carbonyl (C=O) groups excluding carboxylic acids is 1. The van der Waals surface area contributed by atoms with Crippen molar-refractivity contribution in [2.24, 2.45) is 0 Å². The summed E-state index contributed by atoms with van der Waals surface area (Å²) in [6.45, 7) is 7.98. The van der Waals surface area contributed by atoms with Crippen molar-refractivity contribution in [2.75, 3.05) is 81.7 Å². The summed E-state index contributed by atoms with van der Waals surface area (Å²) in [5.41, 5.74) is 4.18. The van der Waals surface area contributed by atoms with Gasteiger partial charge in [0.2, 0.25) is 5.95 Å². The van der Waals surface area contributed by atoms with E-state index in [-0.39, 0.29) is 24.6 Å². The van der Waals surface area contributed by atoms with E-state index in [0.29, 0.717) is 58.3 Å². The number of halogens is 3. The third-order valence-corrected chi connectivity index (χ3v) is 11.0. The van der Waals surface area contributed by atoms with Crippen LogP contribution in [0.15, 0.2) is 91.3 Å². The Morgan fingerprint density at radius 2 is 1.68 bits per heavy atom. The maximum atomic E-state index is 14.5. The number of anilines is 4. The molecular formula is C44H46F3N9O3. The summed E-state index contributed by atoms with van der Waals surface area (Å²) in [5, 5.41) is 5.72. The highest BCUT2D eigenvalue weighted by Crippen LogP contribution is 2.37. The first-order chi connectivity index (χ1) is 28.8. The molecule has 3 aromatic heterocycles. The van der Waals surface area contributed by atoms with Crippen LogP contribution in [0.2, 0.25) is 0 Å². The molecule has 0 bridgehead atoms. The number of nitrogens with one attached hydrogen (secondary N) is 2. The van der Waals surface area contributed by atoms with Crippen molar-refractivity contribution in [1.29, 1.82) is 0 Å². The van der Waals surface area contributed by atoms with Gasteiger partial charge in [-0.25, -0.2) is 28.1 Å². The number of aromatic nitrogens is 4. The predicted octanol–water partition coefficient (Wildman–Crippen LogP) is 7.70. The van der Waals surface area contributed by atoms with Gasteiger partial charge in [-0.05, 0) is 80.4 Å². The van der Waals surface area contributed by atoms with E-state index in [1.54, 1.807) is 44.5 Å². The molecule has 0 saturated carbocycles. The maximum Gasteiger partial charge on any atom is 0.259 e. The molecule has 3 aromatic carbocycles. The van der Waals surface area contributed by atoms with Crippen LogP contribution in [-0.2, 0) is 0 Å². The molecule has 306 valence electrons. The highest BCUT2D eigenvalue weighted by molar-refractivity contribution is 6.07. The molecule has 2 aliphatic heterocycles. The van der Waals surface area contributed by atoms with E-state index in [1.165, 1.54) is 6.07 Å². The molecule has 59 heavy (non-hydrogen) atoms. The second-order valence-corrected chi connectivity index (χ2v) is 14.5. The monoisotopic (exact) mass is 805 g/mol.